The number of nitrogens with one attached hydrogen (secondary N) is 3. The summed E-state index contributed by atoms with van der Waals surface area (Å²) < 4.78 is 5.25. The normalized spacial score (nSPS) is 23.4. The molecule has 3 N–H and O–H groups in total. The van der Waals surface area contributed by atoms with Gasteiger partial charge in [-0.15, -0.1) is 11.3 Å². The standard InChI is InChI=1S/C26H32ClN5O4S/c1-3-36-26(35)14-4-6-18(29-24(34)25-31-19-8-9-32(2)13-22(19)37-25)20(11-14)30-23(33)21-12-15-10-16(27)5-7-17(15)28-21/h10,12,14,18,20,28H,3-9,11,13H2,1-2H3,(H,29,34)(H,30,33)/t14-,18-,20+/m1/s1. The summed E-state index contributed by atoms with van der Waals surface area (Å²) in [5.74, 6) is -1.12. The lowest BCUT2D eigenvalue weighted by atomic mass is 9.82. The first-order valence-electron chi connectivity index (χ1n) is 12.8. The zero-order valence-corrected chi connectivity index (χ0v) is 22.6. The van der Waals surface area contributed by atoms with E-state index in [9.17, 15) is 14.4 Å². The molecule has 3 aliphatic rings. The molecule has 11 heteroatoms. The zero-order chi connectivity index (χ0) is 26.1. The number of esters is 1. The summed E-state index contributed by atoms with van der Waals surface area (Å²) in [7, 11) is 2.06. The van der Waals surface area contributed by atoms with Crippen molar-refractivity contribution in [2.75, 3.05) is 20.2 Å². The molecule has 198 valence electrons. The average Bonchev–Trinajstić information content (AvgIpc) is 3.49. The van der Waals surface area contributed by atoms with E-state index in [-0.39, 0.29) is 29.7 Å². The molecule has 2 aliphatic carbocycles. The Balaban J connectivity index is 1.31. The summed E-state index contributed by atoms with van der Waals surface area (Å²) in [6.45, 7) is 3.81. The van der Waals surface area contributed by atoms with Gasteiger partial charge in [0.2, 0.25) is 0 Å². The number of allylic oxidation sites excluding steroid dienone is 1. The number of thiazole rings is 1. The van der Waals surface area contributed by atoms with Crippen molar-refractivity contribution in [1.29, 1.82) is 0 Å². The molecule has 37 heavy (non-hydrogen) atoms. The number of hydrogen-bond acceptors (Lipinski definition) is 7. The third kappa shape index (κ3) is 5.76. The quantitative estimate of drug-likeness (QED) is 0.480. The molecule has 0 radical (unpaired) electrons. The number of carbonyl (C=O) groups excluding carboxylic acids is 3. The van der Waals surface area contributed by atoms with Crippen molar-refractivity contribution in [2.45, 2.75) is 64.1 Å². The Morgan fingerprint density at radius 3 is 2.81 bits per heavy atom. The number of rotatable bonds is 6. The molecule has 0 saturated heterocycles. The van der Waals surface area contributed by atoms with Crippen molar-refractivity contribution in [3.05, 3.63) is 43.6 Å². The van der Waals surface area contributed by atoms with E-state index in [0.29, 0.717) is 36.6 Å². The van der Waals surface area contributed by atoms with Gasteiger partial charge in [-0.2, -0.15) is 0 Å². The van der Waals surface area contributed by atoms with Gasteiger partial charge < -0.3 is 25.3 Å². The maximum absolute atomic E-state index is 13.2. The highest BCUT2D eigenvalue weighted by atomic mass is 35.5. The summed E-state index contributed by atoms with van der Waals surface area (Å²) in [5.41, 5.74) is 3.32. The highest BCUT2D eigenvalue weighted by Crippen LogP contribution is 2.30. The topological polar surface area (TPSA) is 116 Å². The third-order valence-corrected chi connectivity index (χ3v) is 8.70. The first-order chi connectivity index (χ1) is 17.8. The fourth-order valence-corrected chi connectivity index (χ4v) is 6.63. The SMILES string of the molecule is CCOC(=O)[C@@H]1CC[C@@H](NC(=O)c2nc3c(s2)CN(C)CC3)[C@@H](NC(=O)c2cc3c([nH]2)CCC(Cl)=C3)C1. The predicted molar refractivity (Wildman–Crippen MR) is 142 cm³/mol. The maximum Gasteiger partial charge on any atom is 0.308 e. The summed E-state index contributed by atoms with van der Waals surface area (Å²) >= 11 is 7.60. The number of ether oxygens (including phenoxy) is 1. The van der Waals surface area contributed by atoms with Crippen molar-refractivity contribution in [2.24, 2.45) is 5.92 Å². The second-order valence-electron chi connectivity index (χ2n) is 10.0. The number of hydrogen-bond donors (Lipinski definition) is 3. The van der Waals surface area contributed by atoms with Crippen LogP contribution in [0.4, 0.5) is 0 Å². The number of carbonyl (C=O) groups is 3. The van der Waals surface area contributed by atoms with Gasteiger partial charge in [0, 0.05) is 41.2 Å². The van der Waals surface area contributed by atoms with Crippen molar-refractivity contribution in [1.82, 2.24) is 25.5 Å². The summed E-state index contributed by atoms with van der Waals surface area (Å²) in [5, 5.41) is 7.38. The number of nitrogens with zero attached hydrogens (tertiary/aromatic N) is 2. The smallest absolute Gasteiger partial charge is 0.308 e. The molecule has 9 nitrogen and oxygen atoms in total. The number of amides is 2. The fourth-order valence-electron chi connectivity index (χ4n) is 5.33. The van der Waals surface area contributed by atoms with E-state index >= 15 is 0 Å². The summed E-state index contributed by atoms with van der Waals surface area (Å²) in [6.07, 6.45) is 5.71. The van der Waals surface area contributed by atoms with Gasteiger partial charge in [-0.1, -0.05) is 11.6 Å². The van der Waals surface area contributed by atoms with E-state index in [1.165, 1.54) is 11.3 Å². The van der Waals surface area contributed by atoms with E-state index in [0.717, 1.165) is 59.2 Å². The number of aryl methyl sites for hydroxylation is 1. The van der Waals surface area contributed by atoms with Crippen LogP contribution in [0, 0.1) is 5.92 Å². The summed E-state index contributed by atoms with van der Waals surface area (Å²) in [6, 6.07) is 1.03. The Morgan fingerprint density at radius 1 is 1.19 bits per heavy atom. The Bertz CT molecular complexity index is 1240. The van der Waals surface area contributed by atoms with Crippen molar-refractivity contribution < 1.29 is 19.1 Å². The van der Waals surface area contributed by atoms with Crippen LogP contribution >= 0.6 is 22.9 Å². The highest BCUT2D eigenvalue weighted by molar-refractivity contribution is 7.13. The van der Waals surface area contributed by atoms with Crippen molar-refractivity contribution >= 4 is 46.8 Å². The van der Waals surface area contributed by atoms with E-state index in [1.807, 2.05) is 6.08 Å². The molecule has 0 aromatic carbocycles. The Labute approximate surface area is 225 Å². The van der Waals surface area contributed by atoms with Gasteiger partial charge in [0.1, 0.15) is 5.69 Å². The van der Waals surface area contributed by atoms with E-state index in [1.54, 1.807) is 13.0 Å². The molecule has 2 aromatic heterocycles. The maximum atomic E-state index is 13.2. The average molecular weight is 546 g/mol. The fraction of sp³-hybridized carbons (Fsp3) is 0.538. The monoisotopic (exact) mass is 545 g/mol. The number of aromatic nitrogens is 2. The molecule has 2 amide bonds. The molecule has 0 spiro atoms. The number of H-pyrrole nitrogens is 1. The number of aromatic amines is 1. The summed E-state index contributed by atoms with van der Waals surface area (Å²) in [4.78, 5) is 50.1. The van der Waals surface area contributed by atoms with Crippen LogP contribution in [0.2, 0.25) is 0 Å². The largest absolute Gasteiger partial charge is 0.466 e. The van der Waals surface area contributed by atoms with Gasteiger partial charge in [0.25, 0.3) is 11.8 Å². The van der Waals surface area contributed by atoms with Gasteiger partial charge in [-0.05, 0) is 63.8 Å². The molecule has 3 heterocycles. The minimum absolute atomic E-state index is 0.240. The van der Waals surface area contributed by atoms with Crippen molar-refractivity contribution in [3.63, 3.8) is 0 Å². The molecule has 3 atom stereocenters. The lowest BCUT2D eigenvalue weighted by Gasteiger charge is -2.35. The molecule has 1 fully saturated rings. The van der Waals surface area contributed by atoms with Gasteiger partial charge in [0.15, 0.2) is 5.01 Å². The van der Waals surface area contributed by atoms with E-state index in [2.05, 4.69) is 32.5 Å². The number of fused-ring (bicyclic) bond motifs is 2. The van der Waals surface area contributed by atoms with E-state index < -0.39 is 6.04 Å². The van der Waals surface area contributed by atoms with Crippen LogP contribution in [0.15, 0.2) is 11.1 Å². The van der Waals surface area contributed by atoms with Crippen LogP contribution in [0.1, 0.15) is 74.7 Å². The minimum atomic E-state index is -0.431. The van der Waals surface area contributed by atoms with Gasteiger partial charge in [-0.25, -0.2) is 4.98 Å². The Kier molecular flexibility index (Phi) is 7.69. The first kappa shape index (κ1) is 25.9. The van der Waals surface area contributed by atoms with Crippen LogP contribution < -0.4 is 10.6 Å². The molecule has 2 aromatic rings. The molecule has 1 aliphatic heterocycles. The van der Waals surface area contributed by atoms with Crippen LogP contribution in [0.5, 0.6) is 0 Å². The lowest BCUT2D eigenvalue weighted by Crippen LogP contribution is -2.55. The Hall–Kier alpha value is -2.69. The minimum Gasteiger partial charge on any atom is -0.466 e. The van der Waals surface area contributed by atoms with Crippen LogP contribution in [-0.4, -0.2) is 64.9 Å². The Morgan fingerprint density at radius 2 is 2.00 bits per heavy atom. The number of likely N-dealkylation sites (N-methyl/N-ethyl adjacent to an activating group) is 1. The molecule has 1 saturated carbocycles. The molecule has 5 rings (SSSR count). The molecular weight excluding hydrogens is 514 g/mol. The predicted octanol–water partition coefficient (Wildman–Crippen LogP) is 3.25. The van der Waals surface area contributed by atoms with Gasteiger partial charge >= 0.3 is 5.97 Å². The number of halogens is 1. The second-order valence-corrected chi connectivity index (χ2v) is 11.6. The van der Waals surface area contributed by atoms with E-state index in [4.69, 9.17) is 16.3 Å². The third-order valence-electron chi connectivity index (χ3n) is 7.32. The van der Waals surface area contributed by atoms with Crippen molar-refractivity contribution in [3.8, 4) is 0 Å². The highest BCUT2D eigenvalue weighted by Gasteiger charge is 2.37. The molecule has 0 unspecified atom stereocenters. The van der Waals surface area contributed by atoms with Gasteiger partial charge in [0.05, 0.1) is 24.3 Å². The molecule has 0 bridgehead atoms. The lowest BCUT2D eigenvalue weighted by molar-refractivity contribution is -0.149. The molecular formula is C26H32ClN5O4S. The zero-order valence-electron chi connectivity index (χ0n) is 21.1. The van der Waals surface area contributed by atoms with Crippen LogP contribution in [0.3, 0.4) is 0 Å². The van der Waals surface area contributed by atoms with Crippen LogP contribution in [-0.2, 0) is 28.9 Å². The first-order valence-corrected chi connectivity index (χ1v) is 14.0. The van der Waals surface area contributed by atoms with Crippen LogP contribution in [0.25, 0.3) is 6.08 Å². The second kappa shape index (κ2) is 11.0. The van der Waals surface area contributed by atoms with Gasteiger partial charge in [-0.3, -0.25) is 14.4 Å².